The minimum Gasteiger partial charge on any atom is -0.456 e. The highest BCUT2D eigenvalue weighted by atomic mass is 32.1. The maximum Gasteiger partial charge on any atom is 0.145 e. The van der Waals surface area contributed by atoms with Crippen molar-refractivity contribution in [3.05, 3.63) is 59.5 Å². The van der Waals surface area contributed by atoms with Gasteiger partial charge < -0.3 is 4.74 Å². The van der Waals surface area contributed by atoms with Crippen molar-refractivity contribution >= 4 is 21.4 Å². The van der Waals surface area contributed by atoms with Crippen LogP contribution in [0.25, 0.3) is 10.1 Å². The number of para-hydroxylation sites is 1. The Kier molecular flexibility index (Phi) is 2.57. The lowest BCUT2D eigenvalue weighted by molar-refractivity contribution is 0.486. The van der Waals surface area contributed by atoms with Crippen molar-refractivity contribution in [2.24, 2.45) is 0 Å². The molecule has 1 heterocycles. The first-order valence-electron chi connectivity index (χ1n) is 5.54. The van der Waals surface area contributed by atoms with E-state index in [1.807, 2.05) is 24.3 Å². The van der Waals surface area contributed by atoms with Crippen molar-refractivity contribution in [2.45, 2.75) is 6.92 Å². The van der Waals surface area contributed by atoms with Crippen LogP contribution in [0, 0.1) is 6.92 Å². The molecule has 0 aliphatic rings. The Labute approximate surface area is 104 Å². The first-order chi connectivity index (χ1) is 8.34. The third-order valence-corrected chi connectivity index (χ3v) is 3.70. The summed E-state index contributed by atoms with van der Waals surface area (Å²) in [4.78, 5) is 0. The standard InChI is InChI=1S/C15H12OS/c1-11-6-2-4-8-13(11)16-14-10-17-15-9-5-3-7-12(14)15/h2-10H,1H3. The topological polar surface area (TPSA) is 9.23 Å². The molecule has 0 unspecified atom stereocenters. The van der Waals surface area contributed by atoms with Crippen LogP contribution in [0.4, 0.5) is 0 Å². The van der Waals surface area contributed by atoms with Crippen LogP contribution in [-0.4, -0.2) is 0 Å². The van der Waals surface area contributed by atoms with Crippen LogP contribution in [0.5, 0.6) is 11.5 Å². The molecule has 0 bridgehead atoms. The minimum atomic E-state index is 0.927. The first-order valence-corrected chi connectivity index (χ1v) is 6.42. The molecule has 0 saturated heterocycles. The monoisotopic (exact) mass is 240 g/mol. The third kappa shape index (κ3) is 1.92. The van der Waals surface area contributed by atoms with Gasteiger partial charge in [0.2, 0.25) is 0 Å². The molecular weight excluding hydrogens is 228 g/mol. The van der Waals surface area contributed by atoms with Crippen LogP contribution in [-0.2, 0) is 0 Å². The molecule has 3 aromatic rings. The summed E-state index contributed by atoms with van der Waals surface area (Å²) in [5, 5.41) is 3.25. The smallest absolute Gasteiger partial charge is 0.145 e. The molecule has 1 aromatic heterocycles. The van der Waals surface area contributed by atoms with Crippen LogP contribution in [0.1, 0.15) is 5.56 Å². The van der Waals surface area contributed by atoms with E-state index in [0.717, 1.165) is 17.1 Å². The van der Waals surface area contributed by atoms with Crippen molar-refractivity contribution < 1.29 is 4.74 Å². The van der Waals surface area contributed by atoms with E-state index in [0.29, 0.717) is 0 Å². The molecule has 2 aromatic carbocycles. The summed E-state index contributed by atoms with van der Waals surface area (Å²) in [6.07, 6.45) is 0. The Morgan fingerprint density at radius 2 is 1.65 bits per heavy atom. The van der Waals surface area contributed by atoms with Gasteiger partial charge in [-0.3, -0.25) is 0 Å². The molecule has 0 fully saturated rings. The Morgan fingerprint density at radius 1 is 0.882 bits per heavy atom. The predicted octanol–water partition coefficient (Wildman–Crippen LogP) is 5.00. The average Bonchev–Trinajstić information content (AvgIpc) is 2.76. The Hall–Kier alpha value is -1.80. The van der Waals surface area contributed by atoms with Gasteiger partial charge in [-0.05, 0) is 30.7 Å². The maximum atomic E-state index is 5.97. The number of thiophene rings is 1. The highest BCUT2D eigenvalue weighted by Gasteiger charge is 2.06. The van der Waals surface area contributed by atoms with Gasteiger partial charge in [-0.2, -0.15) is 0 Å². The summed E-state index contributed by atoms with van der Waals surface area (Å²) >= 11 is 1.71. The fraction of sp³-hybridized carbons (Fsp3) is 0.0667. The number of benzene rings is 2. The van der Waals surface area contributed by atoms with Gasteiger partial charge in [0.15, 0.2) is 0 Å². The SMILES string of the molecule is Cc1ccccc1Oc1csc2ccccc12. The van der Waals surface area contributed by atoms with Gasteiger partial charge in [-0.25, -0.2) is 0 Å². The average molecular weight is 240 g/mol. The third-order valence-electron chi connectivity index (χ3n) is 2.76. The van der Waals surface area contributed by atoms with Gasteiger partial charge in [-0.1, -0.05) is 30.3 Å². The van der Waals surface area contributed by atoms with E-state index in [-0.39, 0.29) is 0 Å². The van der Waals surface area contributed by atoms with Crippen LogP contribution in [0.2, 0.25) is 0 Å². The summed E-state index contributed by atoms with van der Waals surface area (Å²) in [5.74, 6) is 1.87. The van der Waals surface area contributed by atoms with Crippen LogP contribution in [0.15, 0.2) is 53.9 Å². The number of hydrogen-bond donors (Lipinski definition) is 0. The minimum absolute atomic E-state index is 0.927. The molecule has 3 rings (SSSR count). The molecule has 0 aliphatic heterocycles. The lowest BCUT2D eigenvalue weighted by Gasteiger charge is -2.06. The molecule has 0 spiro atoms. The molecule has 0 amide bonds. The van der Waals surface area contributed by atoms with E-state index in [1.54, 1.807) is 11.3 Å². The summed E-state index contributed by atoms with van der Waals surface area (Å²) < 4.78 is 7.23. The molecular formula is C15H12OS. The van der Waals surface area contributed by atoms with E-state index in [4.69, 9.17) is 4.74 Å². The number of ether oxygens (including phenoxy) is 1. The maximum absolute atomic E-state index is 5.97. The van der Waals surface area contributed by atoms with E-state index < -0.39 is 0 Å². The van der Waals surface area contributed by atoms with Crippen LogP contribution >= 0.6 is 11.3 Å². The molecule has 0 N–H and O–H groups in total. The predicted molar refractivity (Wildman–Crippen MR) is 73.1 cm³/mol. The molecule has 0 radical (unpaired) electrons. The molecule has 0 atom stereocenters. The van der Waals surface area contributed by atoms with Gasteiger partial charge in [0.1, 0.15) is 11.5 Å². The Morgan fingerprint density at radius 3 is 2.53 bits per heavy atom. The normalized spacial score (nSPS) is 10.6. The second kappa shape index (κ2) is 4.22. The number of fused-ring (bicyclic) bond motifs is 1. The second-order valence-corrected chi connectivity index (χ2v) is 4.87. The van der Waals surface area contributed by atoms with Crippen molar-refractivity contribution in [3.8, 4) is 11.5 Å². The van der Waals surface area contributed by atoms with Crippen molar-refractivity contribution in [3.63, 3.8) is 0 Å². The fourth-order valence-electron chi connectivity index (χ4n) is 1.82. The summed E-state index contributed by atoms with van der Waals surface area (Å²) in [7, 11) is 0. The van der Waals surface area contributed by atoms with Crippen molar-refractivity contribution in [2.75, 3.05) is 0 Å². The molecule has 84 valence electrons. The second-order valence-electron chi connectivity index (χ2n) is 3.96. The Balaban J connectivity index is 2.03. The van der Waals surface area contributed by atoms with E-state index in [1.165, 1.54) is 10.1 Å². The van der Waals surface area contributed by atoms with Gasteiger partial charge >= 0.3 is 0 Å². The molecule has 0 aliphatic carbocycles. The zero-order valence-electron chi connectivity index (χ0n) is 9.51. The van der Waals surface area contributed by atoms with Crippen molar-refractivity contribution in [1.29, 1.82) is 0 Å². The quantitative estimate of drug-likeness (QED) is 0.612. The Bertz CT molecular complexity index is 655. The number of aryl methyl sites for hydroxylation is 1. The van der Waals surface area contributed by atoms with E-state index in [9.17, 15) is 0 Å². The van der Waals surface area contributed by atoms with Gasteiger partial charge in [-0.15, -0.1) is 11.3 Å². The largest absolute Gasteiger partial charge is 0.456 e. The van der Waals surface area contributed by atoms with E-state index in [2.05, 4.69) is 36.6 Å². The zero-order valence-corrected chi connectivity index (χ0v) is 10.3. The van der Waals surface area contributed by atoms with Crippen molar-refractivity contribution in [1.82, 2.24) is 0 Å². The van der Waals surface area contributed by atoms with Gasteiger partial charge in [0.25, 0.3) is 0 Å². The highest BCUT2D eigenvalue weighted by molar-refractivity contribution is 7.17. The number of rotatable bonds is 2. The number of hydrogen-bond acceptors (Lipinski definition) is 2. The lowest BCUT2D eigenvalue weighted by atomic mass is 10.2. The zero-order chi connectivity index (χ0) is 11.7. The summed E-state index contributed by atoms with van der Waals surface area (Å²) in [5.41, 5.74) is 1.16. The summed E-state index contributed by atoms with van der Waals surface area (Å²) in [6.45, 7) is 2.06. The van der Waals surface area contributed by atoms with Gasteiger partial charge in [0, 0.05) is 15.5 Å². The van der Waals surface area contributed by atoms with Gasteiger partial charge in [0.05, 0.1) is 0 Å². The molecule has 0 saturated carbocycles. The summed E-state index contributed by atoms with van der Waals surface area (Å²) in [6, 6.07) is 16.4. The highest BCUT2D eigenvalue weighted by Crippen LogP contribution is 2.35. The first kappa shape index (κ1) is 10.4. The van der Waals surface area contributed by atoms with E-state index >= 15 is 0 Å². The molecule has 2 heteroatoms. The fourth-order valence-corrected chi connectivity index (χ4v) is 2.68. The van der Waals surface area contributed by atoms with Crippen LogP contribution < -0.4 is 4.74 Å². The molecule has 1 nitrogen and oxygen atoms in total. The molecule has 17 heavy (non-hydrogen) atoms. The van der Waals surface area contributed by atoms with Crippen LogP contribution in [0.3, 0.4) is 0 Å². The lowest BCUT2D eigenvalue weighted by Crippen LogP contribution is -1.85.